The molecule has 0 radical (unpaired) electrons. The summed E-state index contributed by atoms with van der Waals surface area (Å²) in [4.78, 5) is 10.5. The molecule has 0 spiro atoms. The zero-order valence-corrected chi connectivity index (χ0v) is 11.2. The summed E-state index contributed by atoms with van der Waals surface area (Å²) in [5, 5.41) is 19.8. The highest BCUT2D eigenvalue weighted by molar-refractivity contribution is 5.66. The van der Waals surface area contributed by atoms with Gasteiger partial charge < -0.3 is 9.84 Å². The molecule has 0 aliphatic heterocycles. The molecule has 0 bridgehead atoms. The highest BCUT2D eigenvalue weighted by Crippen LogP contribution is 2.11. The van der Waals surface area contributed by atoms with Gasteiger partial charge in [0, 0.05) is 6.42 Å². The Morgan fingerprint density at radius 3 is 2.80 bits per heavy atom. The molecule has 1 aromatic heterocycles. The minimum Gasteiger partial charge on any atom is -0.492 e. The number of carbonyl (C=O) groups is 1. The van der Waals surface area contributed by atoms with Crippen molar-refractivity contribution in [3.8, 4) is 5.75 Å². The number of carboxylic acid groups (broad SMARTS) is 1. The zero-order chi connectivity index (χ0) is 14.4. The molecule has 20 heavy (non-hydrogen) atoms. The van der Waals surface area contributed by atoms with Crippen molar-refractivity contribution in [1.29, 1.82) is 0 Å². The van der Waals surface area contributed by atoms with E-state index >= 15 is 0 Å². The van der Waals surface area contributed by atoms with Gasteiger partial charge in [0.15, 0.2) is 5.82 Å². The maximum atomic E-state index is 10.5. The molecule has 0 aliphatic rings. The topological polar surface area (TPSA) is 90.1 Å². The van der Waals surface area contributed by atoms with Crippen molar-refractivity contribution >= 4 is 5.97 Å². The lowest BCUT2D eigenvalue weighted by molar-refractivity contribution is -0.137. The molecule has 7 heteroatoms. The summed E-state index contributed by atoms with van der Waals surface area (Å²) < 4.78 is 7.15. The fourth-order valence-corrected chi connectivity index (χ4v) is 1.68. The summed E-state index contributed by atoms with van der Waals surface area (Å²) in [6.45, 7) is 2.92. The van der Waals surface area contributed by atoms with Crippen molar-refractivity contribution in [2.45, 2.75) is 26.3 Å². The maximum Gasteiger partial charge on any atom is 0.303 e. The molecule has 7 nitrogen and oxygen atoms in total. The second-order valence-electron chi connectivity index (χ2n) is 4.37. The molecule has 2 aromatic rings. The summed E-state index contributed by atoms with van der Waals surface area (Å²) in [6.07, 6.45) is 0.325. The SMILES string of the molecule is Cc1ccc(OCCn2nnnc2CCC(=O)O)cc1. The number of hydrogen-bond acceptors (Lipinski definition) is 5. The number of carboxylic acids is 1. The van der Waals surface area contributed by atoms with Crippen LogP contribution < -0.4 is 4.74 Å². The predicted octanol–water partition coefficient (Wildman–Crippen LogP) is 1.08. The van der Waals surface area contributed by atoms with Crippen molar-refractivity contribution in [2.75, 3.05) is 6.61 Å². The molecule has 0 fully saturated rings. The fraction of sp³-hybridized carbons (Fsp3) is 0.385. The van der Waals surface area contributed by atoms with E-state index in [0.717, 1.165) is 5.75 Å². The van der Waals surface area contributed by atoms with Crippen LogP contribution in [0.1, 0.15) is 17.8 Å². The Bertz CT molecular complexity index is 565. The van der Waals surface area contributed by atoms with Crippen LogP contribution in [-0.2, 0) is 17.8 Å². The van der Waals surface area contributed by atoms with Gasteiger partial charge in [-0.05, 0) is 29.5 Å². The Hall–Kier alpha value is -2.44. The van der Waals surface area contributed by atoms with Crippen molar-refractivity contribution in [2.24, 2.45) is 0 Å². The van der Waals surface area contributed by atoms with Gasteiger partial charge in [0.2, 0.25) is 0 Å². The molecule has 106 valence electrons. The fourth-order valence-electron chi connectivity index (χ4n) is 1.68. The number of aromatic nitrogens is 4. The molecule has 2 rings (SSSR count). The van der Waals surface area contributed by atoms with Crippen LogP contribution >= 0.6 is 0 Å². The van der Waals surface area contributed by atoms with Crippen molar-refractivity contribution in [1.82, 2.24) is 20.2 Å². The van der Waals surface area contributed by atoms with Crippen LogP contribution in [0.4, 0.5) is 0 Å². The third kappa shape index (κ3) is 4.04. The first-order valence-electron chi connectivity index (χ1n) is 6.31. The van der Waals surface area contributed by atoms with Gasteiger partial charge in [-0.1, -0.05) is 17.7 Å². The van der Waals surface area contributed by atoms with Gasteiger partial charge in [-0.3, -0.25) is 4.79 Å². The van der Waals surface area contributed by atoms with Crippen LogP contribution in [0.5, 0.6) is 5.75 Å². The second-order valence-corrected chi connectivity index (χ2v) is 4.37. The van der Waals surface area contributed by atoms with E-state index in [2.05, 4.69) is 15.5 Å². The molecular weight excluding hydrogens is 260 g/mol. The molecular formula is C13H16N4O3. The lowest BCUT2D eigenvalue weighted by Crippen LogP contribution is -2.13. The quantitative estimate of drug-likeness (QED) is 0.813. The average molecular weight is 276 g/mol. The average Bonchev–Trinajstić information content (AvgIpc) is 2.86. The Morgan fingerprint density at radius 1 is 1.35 bits per heavy atom. The first kappa shape index (κ1) is 14.0. The van der Waals surface area contributed by atoms with E-state index in [1.165, 1.54) is 5.56 Å². The van der Waals surface area contributed by atoms with Gasteiger partial charge >= 0.3 is 5.97 Å². The molecule has 0 saturated carbocycles. The van der Waals surface area contributed by atoms with Gasteiger partial charge in [-0.25, -0.2) is 4.68 Å². The molecule has 0 aliphatic carbocycles. The highest BCUT2D eigenvalue weighted by Gasteiger charge is 2.08. The standard InChI is InChI=1S/C13H16N4O3/c1-10-2-4-11(5-3-10)20-9-8-17-12(14-15-16-17)6-7-13(18)19/h2-5H,6-9H2,1H3,(H,18,19). The van der Waals surface area contributed by atoms with Crippen LogP contribution in [0.15, 0.2) is 24.3 Å². The molecule has 0 atom stereocenters. The third-order valence-electron chi connectivity index (χ3n) is 2.76. The summed E-state index contributed by atoms with van der Waals surface area (Å²) in [5.74, 6) is 0.478. The Morgan fingerprint density at radius 2 is 2.10 bits per heavy atom. The van der Waals surface area contributed by atoms with Crippen LogP contribution in [0, 0.1) is 6.92 Å². The lowest BCUT2D eigenvalue weighted by Gasteiger charge is -2.07. The summed E-state index contributed by atoms with van der Waals surface area (Å²) in [6, 6.07) is 7.76. The van der Waals surface area contributed by atoms with Crippen molar-refractivity contribution < 1.29 is 14.6 Å². The Balaban J connectivity index is 1.83. The molecule has 1 aromatic carbocycles. The van der Waals surface area contributed by atoms with E-state index in [1.54, 1.807) is 4.68 Å². The monoisotopic (exact) mass is 276 g/mol. The molecule has 0 unspecified atom stereocenters. The number of tetrazole rings is 1. The number of rotatable bonds is 7. The first-order valence-corrected chi connectivity index (χ1v) is 6.31. The number of nitrogens with zero attached hydrogens (tertiary/aromatic N) is 4. The van der Waals surface area contributed by atoms with Gasteiger partial charge in [0.25, 0.3) is 0 Å². The van der Waals surface area contributed by atoms with Crippen LogP contribution in [0.3, 0.4) is 0 Å². The normalized spacial score (nSPS) is 10.4. The van der Waals surface area contributed by atoms with Crippen molar-refractivity contribution in [3.05, 3.63) is 35.7 Å². The number of benzene rings is 1. The van der Waals surface area contributed by atoms with Crippen LogP contribution in [0.2, 0.25) is 0 Å². The van der Waals surface area contributed by atoms with E-state index in [-0.39, 0.29) is 6.42 Å². The van der Waals surface area contributed by atoms with Crippen LogP contribution in [-0.4, -0.2) is 37.9 Å². The van der Waals surface area contributed by atoms with E-state index in [4.69, 9.17) is 9.84 Å². The van der Waals surface area contributed by atoms with Crippen molar-refractivity contribution in [3.63, 3.8) is 0 Å². The summed E-state index contributed by atoms with van der Waals surface area (Å²) in [7, 11) is 0. The molecule has 1 N–H and O–H groups in total. The van der Waals surface area contributed by atoms with Gasteiger partial charge in [0.1, 0.15) is 12.4 Å². The third-order valence-corrected chi connectivity index (χ3v) is 2.76. The minimum absolute atomic E-state index is 0.0131. The van der Waals surface area contributed by atoms with E-state index in [0.29, 0.717) is 25.4 Å². The van der Waals surface area contributed by atoms with E-state index in [9.17, 15) is 4.79 Å². The smallest absolute Gasteiger partial charge is 0.303 e. The van der Waals surface area contributed by atoms with Crippen LogP contribution in [0.25, 0.3) is 0 Å². The maximum absolute atomic E-state index is 10.5. The van der Waals surface area contributed by atoms with E-state index < -0.39 is 5.97 Å². The summed E-state index contributed by atoms with van der Waals surface area (Å²) in [5.41, 5.74) is 1.17. The second kappa shape index (κ2) is 6.65. The number of hydrogen-bond donors (Lipinski definition) is 1. The predicted molar refractivity (Wildman–Crippen MR) is 70.4 cm³/mol. The number of aryl methyl sites for hydroxylation is 2. The molecule has 0 saturated heterocycles. The minimum atomic E-state index is -0.865. The zero-order valence-electron chi connectivity index (χ0n) is 11.2. The van der Waals surface area contributed by atoms with Gasteiger partial charge in [-0.2, -0.15) is 0 Å². The van der Waals surface area contributed by atoms with E-state index in [1.807, 2.05) is 31.2 Å². The number of ether oxygens (including phenoxy) is 1. The Kier molecular flexibility index (Phi) is 4.65. The summed E-state index contributed by atoms with van der Waals surface area (Å²) >= 11 is 0. The van der Waals surface area contributed by atoms with Gasteiger partial charge in [0.05, 0.1) is 13.0 Å². The molecule has 0 amide bonds. The lowest BCUT2D eigenvalue weighted by atomic mass is 10.2. The number of aliphatic carboxylic acids is 1. The molecule has 1 heterocycles. The first-order chi connectivity index (χ1) is 9.65. The Labute approximate surface area is 116 Å². The largest absolute Gasteiger partial charge is 0.492 e. The highest BCUT2D eigenvalue weighted by atomic mass is 16.5. The van der Waals surface area contributed by atoms with Gasteiger partial charge in [-0.15, -0.1) is 5.10 Å².